The molecule has 23 heavy (non-hydrogen) atoms. The second kappa shape index (κ2) is 7.45. The molecule has 1 N–H and O–H groups in total. The monoisotopic (exact) mass is 320 g/mol. The largest absolute Gasteiger partial charge is 0.374 e. The molecule has 2 fully saturated rings. The van der Waals surface area contributed by atoms with Gasteiger partial charge in [-0.15, -0.1) is 0 Å². The molecule has 1 amide bonds. The number of carbonyl (C=O) groups excluding carboxylic acids is 1. The number of morpholine rings is 1. The van der Waals surface area contributed by atoms with Gasteiger partial charge < -0.3 is 10.1 Å². The Morgan fingerprint density at radius 1 is 1.39 bits per heavy atom. The Morgan fingerprint density at radius 3 is 2.87 bits per heavy atom. The van der Waals surface area contributed by atoms with Crippen LogP contribution in [-0.2, 0) is 16.1 Å². The van der Waals surface area contributed by atoms with Crippen molar-refractivity contribution >= 4 is 5.91 Å². The normalized spacial score (nSPS) is 23.3. The summed E-state index contributed by atoms with van der Waals surface area (Å²) < 4.78 is 7.86. The van der Waals surface area contributed by atoms with Gasteiger partial charge in [0.1, 0.15) is 0 Å². The molecule has 3 rings (SSSR count). The van der Waals surface area contributed by atoms with Gasteiger partial charge in [0.25, 0.3) is 0 Å². The lowest BCUT2D eigenvalue weighted by atomic mass is 10.2. The molecule has 1 aliphatic carbocycles. The highest BCUT2D eigenvalue weighted by molar-refractivity contribution is 5.78. The van der Waals surface area contributed by atoms with Crippen LogP contribution in [0.25, 0.3) is 0 Å². The molecule has 1 aromatic heterocycles. The van der Waals surface area contributed by atoms with Crippen molar-refractivity contribution in [2.45, 2.75) is 58.2 Å². The Labute approximate surface area is 138 Å². The molecule has 128 valence electrons. The predicted molar refractivity (Wildman–Crippen MR) is 88.3 cm³/mol. The molecule has 6 nitrogen and oxygen atoms in total. The minimum Gasteiger partial charge on any atom is -0.374 e. The van der Waals surface area contributed by atoms with E-state index in [0.29, 0.717) is 19.2 Å². The van der Waals surface area contributed by atoms with Gasteiger partial charge >= 0.3 is 0 Å². The fourth-order valence-electron chi connectivity index (χ4n) is 3.63. The zero-order valence-corrected chi connectivity index (χ0v) is 14.3. The number of hydrogen-bond acceptors (Lipinski definition) is 4. The third-order valence-electron chi connectivity index (χ3n) is 4.79. The van der Waals surface area contributed by atoms with Crippen LogP contribution in [0.15, 0.2) is 6.07 Å². The van der Waals surface area contributed by atoms with E-state index in [1.165, 1.54) is 12.8 Å². The quantitative estimate of drug-likeness (QED) is 0.887. The van der Waals surface area contributed by atoms with Crippen LogP contribution in [-0.4, -0.2) is 59.0 Å². The van der Waals surface area contributed by atoms with Crippen LogP contribution in [0, 0.1) is 13.8 Å². The van der Waals surface area contributed by atoms with E-state index in [1.54, 1.807) is 0 Å². The Hall–Kier alpha value is -1.40. The lowest BCUT2D eigenvalue weighted by Gasteiger charge is -2.32. The van der Waals surface area contributed by atoms with E-state index >= 15 is 0 Å². The number of amides is 1. The zero-order chi connectivity index (χ0) is 16.2. The van der Waals surface area contributed by atoms with Crippen LogP contribution in [0.5, 0.6) is 0 Å². The minimum atomic E-state index is 0.0982. The lowest BCUT2D eigenvalue weighted by Crippen LogP contribution is -2.49. The molecule has 1 saturated heterocycles. The molecule has 6 heteroatoms. The smallest absolute Gasteiger partial charge is 0.234 e. The molecular weight excluding hydrogens is 292 g/mol. The number of aromatic nitrogens is 2. The van der Waals surface area contributed by atoms with E-state index in [2.05, 4.69) is 28.3 Å². The van der Waals surface area contributed by atoms with Crippen molar-refractivity contribution in [3.63, 3.8) is 0 Å². The van der Waals surface area contributed by atoms with Gasteiger partial charge in [0.05, 0.1) is 31.5 Å². The molecule has 2 heterocycles. The van der Waals surface area contributed by atoms with Crippen LogP contribution in [0.4, 0.5) is 0 Å². The van der Waals surface area contributed by atoms with E-state index in [4.69, 9.17) is 4.74 Å². The Kier molecular flexibility index (Phi) is 5.33. The number of ether oxygens (including phenoxy) is 1. The number of carbonyl (C=O) groups is 1. The first kappa shape index (κ1) is 16.5. The highest BCUT2D eigenvalue weighted by Crippen LogP contribution is 2.17. The highest BCUT2D eigenvalue weighted by Gasteiger charge is 2.24. The molecule has 0 bridgehead atoms. The second-order valence-corrected chi connectivity index (χ2v) is 6.89. The summed E-state index contributed by atoms with van der Waals surface area (Å²) in [5.74, 6) is 0.156. The molecule has 1 aromatic rings. The summed E-state index contributed by atoms with van der Waals surface area (Å²) in [7, 11) is 0. The summed E-state index contributed by atoms with van der Waals surface area (Å²) in [6, 6.07) is 2.48. The van der Waals surface area contributed by atoms with Crippen LogP contribution in [0.3, 0.4) is 0 Å². The minimum absolute atomic E-state index is 0.0982. The van der Waals surface area contributed by atoms with Crippen molar-refractivity contribution in [3.8, 4) is 0 Å². The molecule has 0 aromatic carbocycles. The first-order chi connectivity index (χ1) is 11.1. The van der Waals surface area contributed by atoms with Crippen molar-refractivity contribution in [1.29, 1.82) is 0 Å². The van der Waals surface area contributed by atoms with Gasteiger partial charge in [-0.3, -0.25) is 14.4 Å². The number of hydrogen-bond donors (Lipinski definition) is 1. The van der Waals surface area contributed by atoms with Gasteiger partial charge in [-0.1, -0.05) is 12.8 Å². The van der Waals surface area contributed by atoms with Crippen molar-refractivity contribution in [3.05, 3.63) is 17.5 Å². The fourth-order valence-corrected chi connectivity index (χ4v) is 3.63. The van der Waals surface area contributed by atoms with E-state index in [1.807, 2.05) is 11.6 Å². The van der Waals surface area contributed by atoms with E-state index in [-0.39, 0.29) is 12.0 Å². The van der Waals surface area contributed by atoms with Crippen LogP contribution in [0.2, 0.25) is 0 Å². The van der Waals surface area contributed by atoms with Crippen molar-refractivity contribution in [2.75, 3.05) is 26.2 Å². The third-order valence-corrected chi connectivity index (χ3v) is 4.79. The first-order valence-electron chi connectivity index (χ1n) is 8.74. The fraction of sp³-hybridized carbons (Fsp3) is 0.765. The molecule has 0 spiro atoms. The Balaban J connectivity index is 1.47. The first-order valence-corrected chi connectivity index (χ1v) is 8.74. The van der Waals surface area contributed by atoms with Gasteiger partial charge in [-0.25, -0.2) is 0 Å². The topological polar surface area (TPSA) is 59.4 Å². The molecule has 1 atom stereocenters. The molecular formula is C17H28N4O2. The summed E-state index contributed by atoms with van der Waals surface area (Å²) in [6.45, 7) is 7.59. The molecule has 0 radical (unpaired) electrons. The van der Waals surface area contributed by atoms with Gasteiger partial charge in [0.2, 0.25) is 5.91 Å². The van der Waals surface area contributed by atoms with E-state index < -0.39 is 0 Å². The maximum atomic E-state index is 12.2. The summed E-state index contributed by atoms with van der Waals surface area (Å²) in [5, 5.41) is 7.66. The number of aryl methyl sites for hydroxylation is 2. The van der Waals surface area contributed by atoms with E-state index in [9.17, 15) is 4.79 Å². The van der Waals surface area contributed by atoms with Crippen molar-refractivity contribution in [1.82, 2.24) is 20.0 Å². The summed E-state index contributed by atoms with van der Waals surface area (Å²) in [6.07, 6.45) is 4.85. The molecule has 1 aliphatic heterocycles. The number of nitrogens with one attached hydrogen (secondary N) is 1. The second-order valence-electron chi connectivity index (χ2n) is 6.89. The SMILES string of the molecule is Cc1cc(C)n(C[C@@H]2CN(CC(=O)NC3CCCC3)CCO2)n1. The summed E-state index contributed by atoms with van der Waals surface area (Å²) >= 11 is 0. The average molecular weight is 320 g/mol. The maximum Gasteiger partial charge on any atom is 0.234 e. The Morgan fingerprint density at radius 2 is 2.17 bits per heavy atom. The average Bonchev–Trinajstić information content (AvgIpc) is 3.09. The van der Waals surface area contributed by atoms with Crippen molar-refractivity contribution < 1.29 is 9.53 Å². The third kappa shape index (κ3) is 4.54. The van der Waals surface area contributed by atoms with Crippen molar-refractivity contribution in [2.24, 2.45) is 0 Å². The van der Waals surface area contributed by atoms with E-state index in [0.717, 1.165) is 43.9 Å². The Bertz CT molecular complexity index is 537. The molecule has 1 saturated carbocycles. The zero-order valence-electron chi connectivity index (χ0n) is 14.3. The van der Waals surface area contributed by atoms with Crippen LogP contribution < -0.4 is 5.32 Å². The van der Waals surface area contributed by atoms with Gasteiger partial charge in [-0.2, -0.15) is 5.10 Å². The van der Waals surface area contributed by atoms with Crippen LogP contribution >= 0.6 is 0 Å². The maximum absolute atomic E-state index is 12.2. The lowest BCUT2D eigenvalue weighted by molar-refractivity contribution is -0.125. The number of nitrogens with zero attached hydrogens (tertiary/aromatic N) is 3. The van der Waals surface area contributed by atoms with Crippen LogP contribution in [0.1, 0.15) is 37.1 Å². The summed E-state index contributed by atoms with van der Waals surface area (Å²) in [5.41, 5.74) is 2.19. The standard InChI is InChI=1S/C17H28N4O2/c1-13-9-14(2)21(19-13)11-16-10-20(7-8-23-16)12-17(22)18-15-5-3-4-6-15/h9,15-16H,3-8,10-12H2,1-2H3,(H,18,22)/t16-/m0/s1. The summed E-state index contributed by atoms with van der Waals surface area (Å²) in [4.78, 5) is 14.4. The van der Waals surface area contributed by atoms with Gasteiger partial charge in [-0.05, 0) is 32.8 Å². The van der Waals surface area contributed by atoms with Gasteiger partial charge in [0.15, 0.2) is 0 Å². The molecule has 2 aliphatic rings. The highest BCUT2D eigenvalue weighted by atomic mass is 16.5. The van der Waals surface area contributed by atoms with Gasteiger partial charge in [0, 0.05) is 24.8 Å². The number of rotatable bonds is 5. The predicted octanol–water partition coefficient (Wildman–Crippen LogP) is 1.26. The molecule has 0 unspecified atom stereocenters.